The van der Waals surface area contributed by atoms with Gasteiger partial charge in [0, 0.05) is 16.9 Å². The molecule has 1 aromatic heterocycles. The predicted molar refractivity (Wildman–Crippen MR) is 113 cm³/mol. The van der Waals surface area contributed by atoms with Crippen molar-refractivity contribution >= 4 is 21.3 Å². The Morgan fingerprint density at radius 2 is 1.54 bits per heavy atom. The molecule has 0 saturated heterocycles. The van der Waals surface area contributed by atoms with Gasteiger partial charge in [0.2, 0.25) is 9.84 Å². The lowest BCUT2D eigenvalue weighted by molar-refractivity contribution is 0.596. The third kappa shape index (κ3) is 3.78. The van der Waals surface area contributed by atoms with E-state index in [-0.39, 0.29) is 9.79 Å². The molecule has 0 atom stereocenters. The Kier molecular flexibility index (Phi) is 5.26. The van der Waals surface area contributed by atoms with Crippen LogP contribution in [-0.4, -0.2) is 13.4 Å². The first-order valence-electron chi connectivity index (χ1n) is 8.86. The minimum absolute atomic E-state index is 0.130. The van der Waals surface area contributed by atoms with Crippen molar-refractivity contribution in [2.45, 2.75) is 37.5 Å². The second-order valence-electron chi connectivity index (χ2n) is 6.87. The van der Waals surface area contributed by atoms with Gasteiger partial charge in [-0.15, -0.1) is 6.42 Å². The zero-order chi connectivity index (χ0) is 20.5. The van der Waals surface area contributed by atoms with Crippen molar-refractivity contribution in [1.29, 1.82) is 0 Å². The molecule has 0 bridgehead atoms. The van der Waals surface area contributed by atoms with Crippen LogP contribution in [0.4, 0.5) is 11.5 Å². The molecule has 2 aromatic carbocycles. The van der Waals surface area contributed by atoms with Crippen molar-refractivity contribution in [3.8, 4) is 12.3 Å². The molecule has 0 unspecified atom stereocenters. The van der Waals surface area contributed by atoms with Gasteiger partial charge in [-0.3, -0.25) is 0 Å². The maximum atomic E-state index is 13.2. The highest BCUT2D eigenvalue weighted by Crippen LogP contribution is 2.31. The molecule has 28 heavy (non-hydrogen) atoms. The van der Waals surface area contributed by atoms with Crippen molar-refractivity contribution in [3.05, 3.63) is 76.5 Å². The van der Waals surface area contributed by atoms with Gasteiger partial charge in [0.25, 0.3) is 0 Å². The monoisotopic (exact) mass is 390 g/mol. The lowest BCUT2D eigenvalue weighted by Crippen LogP contribution is -2.09. The Bertz CT molecular complexity index is 1170. The summed E-state index contributed by atoms with van der Waals surface area (Å²) in [4.78, 5) is 4.78. The molecule has 0 spiro atoms. The number of pyridine rings is 1. The highest BCUT2D eigenvalue weighted by molar-refractivity contribution is 7.91. The highest BCUT2D eigenvalue weighted by Gasteiger charge is 2.23. The van der Waals surface area contributed by atoms with Crippen molar-refractivity contribution in [3.63, 3.8) is 0 Å². The molecule has 0 aliphatic rings. The Morgan fingerprint density at radius 1 is 0.929 bits per heavy atom. The molecule has 0 saturated carbocycles. The minimum atomic E-state index is -3.76. The number of nitrogens with zero attached hydrogens (tertiary/aromatic N) is 1. The third-order valence-electron chi connectivity index (χ3n) is 4.54. The van der Waals surface area contributed by atoms with Crippen LogP contribution in [-0.2, 0) is 9.84 Å². The average molecular weight is 391 g/mol. The first-order chi connectivity index (χ1) is 13.2. The summed E-state index contributed by atoms with van der Waals surface area (Å²) in [5.41, 5.74) is 5.43. The van der Waals surface area contributed by atoms with Crippen LogP contribution >= 0.6 is 0 Å². The van der Waals surface area contributed by atoms with Crippen LogP contribution in [0.25, 0.3) is 0 Å². The summed E-state index contributed by atoms with van der Waals surface area (Å²) >= 11 is 0. The van der Waals surface area contributed by atoms with E-state index in [0.717, 1.165) is 28.1 Å². The number of nitrogens with one attached hydrogen (secondary N) is 1. The largest absolute Gasteiger partial charge is 0.339 e. The molecule has 0 aliphatic carbocycles. The van der Waals surface area contributed by atoms with Crippen molar-refractivity contribution in [2.24, 2.45) is 0 Å². The topological polar surface area (TPSA) is 59.1 Å². The van der Waals surface area contributed by atoms with Gasteiger partial charge < -0.3 is 5.32 Å². The molecule has 142 valence electrons. The summed E-state index contributed by atoms with van der Waals surface area (Å²) in [5, 5.41) is 3.25. The van der Waals surface area contributed by atoms with E-state index in [1.165, 1.54) is 12.1 Å². The van der Waals surface area contributed by atoms with Crippen LogP contribution in [0.2, 0.25) is 0 Å². The van der Waals surface area contributed by atoms with Gasteiger partial charge in [-0.05, 0) is 75.2 Å². The first-order valence-corrected chi connectivity index (χ1v) is 10.3. The van der Waals surface area contributed by atoms with Crippen LogP contribution in [0.3, 0.4) is 0 Å². The van der Waals surface area contributed by atoms with Gasteiger partial charge in [0.15, 0.2) is 0 Å². The number of anilines is 2. The number of aromatic nitrogens is 1. The van der Waals surface area contributed by atoms with Gasteiger partial charge in [0.05, 0.1) is 4.90 Å². The van der Waals surface area contributed by atoms with Gasteiger partial charge in [-0.1, -0.05) is 23.6 Å². The molecule has 5 heteroatoms. The quantitative estimate of drug-likeness (QED) is 0.646. The lowest BCUT2D eigenvalue weighted by Gasteiger charge is -2.17. The summed E-state index contributed by atoms with van der Waals surface area (Å²) in [5.74, 6) is 2.81. The summed E-state index contributed by atoms with van der Waals surface area (Å²) in [6.07, 6.45) is 5.37. The molecular formula is C23H22N2O2S. The second kappa shape index (κ2) is 7.49. The van der Waals surface area contributed by atoms with Crippen LogP contribution < -0.4 is 5.32 Å². The van der Waals surface area contributed by atoms with E-state index in [0.29, 0.717) is 11.4 Å². The van der Waals surface area contributed by atoms with Crippen LogP contribution in [0.15, 0.2) is 58.3 Å². The summed E-state index contributed by atoms with van der Waals surface area (Å²) in [7, 11) is -3.76. The van der Waals surface area contributed by atoms with Crippen molar-refractivity contribution < 1.29 is 8.42 Å². The molecule has 0 radical (unpaired) electrons. The van der Waals surface area contributed by atoms with Gasteiger partial charge in [0.1, 0.15) is 10.7 Å². The van der Waals surface area contributed by atoms with Gasteiger partial charge in [-0.25, -0.2) is 13.4 Å². The molecular weight excluding hydrogens is 368 g/mol. The SMILES string of the molecule is C#Cc1ccc(S(=O)(=O)c2ccc(C)nc2Nc2c(C)cc(C)cc2C)cc1. The van der Waals surface area contributed by atoms with E-state index in [1.807, 2.05) is 27.7 Å². The normalized spacial score (nSPS) is 11.1. The third-order valence-corrected chi connectivity index (χ3v) is 6.34. The van der Waals surface area contributed by atoms with E-state index in [2.05, 4.69) is 28.4 Å². The number of terminal acetylenes is 1. The first kappa shape index (κ1) is 19.7. The highest BCUT2D eigenvalue weighted by atomic mass is 32.2. The number of hydrogen-bond acceptors (Lipinski definition) is 4. The molecule has 3 aromatic rings. The van der Waals surface area contributed by atoms with Crippen LogP contribution in [0, 0.1) is 40.0 Å². The number of sulfone groups is 1. The van der Waals surface area contributed by atoms with E-state index in [4.69, 9.17) is 6.42 Å². The maximum Gasteiger partial charge on any atom is 0.210 e. The Labute approximate surface area is 166 Å². The fourth-order valence-electron chi connectivity index (χ4n) is 3.20. The van der Waals surface area contributed by atoms with E-state index in [1.54, 1.807) is 24.3 Å². The van der Waals surface area contributed by atoms with E-state index >= 15 is 0 Å². The summed E-state index contributed by atoms with van der Waals surface area (Å²) < 4.78 is 26.5. The fraction of sp³-hybridized carbons (Fsp3) is 0.174. The summed E-state index contributed by atoms with van der Waals surface area (Å²) in [6, 6.07) is 13.7. The lowest BCUT2D eigenvalue weighted by atomic mass is 10.1. The minimum Gasteiger partial charge on any atom is -0.339 e. The molecule has 1 heterocycles. The standard InChI is InChI=1S/C23H22N2O2S/c1-6-19-8-10-20(11-9-19)28(26,27)21-12-7-18(5)24-23(21)25-22-16(3)13-15(2)14-17(22)4/h1,7-14H,2-5H3,(H,24,25). The molecule has 3 rings (SSSR count). The Morgan fingerprint density at radius 3 is 2.11 bits per heavy atom. The van der Waals surface area contributed by atoms with E-state index in [9.17, 15) is 8.42 Å². The molecule has 1 N–H and O–H groups in total. The molecule has 0 aliphatic heterocycles. The zero-order valence-electron chi connectivity index (χ0n) is 16.4. The smallest absolute Gasteiger partial charge is 0.210 e. The predicted octanol–water partition coefficient (Wildman–Crippen LogP) is 4.87. The fourth-order valence-corrected chi connectivity index (χ4v) is 4.55. The second-order valence-corrected chi connectivity index (χ2v) is 8.79. The molecule has 0 fully saturated rings. The van der Waals surface area contributed by atoms with Crippen LogP contribution in [0.5, 0.6) is 0 Å². The Hall–Kier alpha value is -3.10. The Balaban J connectivity index is 2.12. The number of aryl methyl sites for hydroxylation is 4. The number of benzene rings is 2. The molecule has 4 nitrogen and oxygen atoms in total. The zero-order valence-corrected chi connectivity index (χ0v) is 17.2. The van der Waals surface area contributed by atoms with Crippen molar-refractivity contribution in [1.82, 2.24) is 4.98 Å². The number of hydrogen-bond donors (Lipinski definition) is 1. The van der Waals surface area contributed by atoms with Gasteiger partial charge >= 0.3 is 0 Å². The van der Waals surface area contributed by atoms with Crippen molar-refractivity contribution in [2.75, 3.05) is 5.32 Å². The summed E-state index contributed by atoms with van der Waals surface area (Å²) in [6.45, 7) is 7.85. The van der Waals surface area contributed by atoms with E-state index < -0.39 is 9.84 Å². The molecule has 0 amide bonds. The number of rotatable bonds is 4. The van der Waals surface area contributed by atoms with Crippen LogP contribution in [0.1, 0.15) is 27.9 Å². The average Bonchev–Trinajstić information content (AvgIpc) is 2.64. The maximum absolute atomic E-state index is 13.2. The van der Waals surface area contributed by atoms with Gasteiger partial charge in [-0.2, -0.15) is 0 Å².